The molecule has 1 aromatic rings. The largest absolute Gasteiger partial charge is 0.481 e. The summed E-state index contributed by atoms with van der Waals surface area (Å²) in [5.41, 5.74) is 1.10. The highest BCUT2D eigenvalue weighted by molar-refractivity contribution is 9.10. The minimum Gasteiger partial charge on any atom is -0.481 e. The van der Waals surface area contributed by atoms with Crippen molar-refractivity contribution in [1.82, 2.24) is 4.90 Å². The highest BCUT2D eigenvalue weighted by Crippen LogP contribution is 2.18. The van der Waals surface area contributed by atoms with E-state index in [0.717, 1.165) is 16.5 Å². The topological polar surface area (TPSA) is 57.6 Å². The van der Waals surface area contributed by atoms with Crippen LogP contribution in [0.3, 0.4) is 0 Å². The molecule has 0 spiro atoms. The fourth-order valence-corrected chi connectivity index (χ4v) is 2.69. The minimum atomic E-state index is -0.880. The van der Waals surface area contributed by atoms with Gasteiger partial charge in [-0.3, -0.25) is 9.59 Å². The number of benzene rings is 1. The number of carboxylic acid groups (broad SMARTS) is 1. The SMILES string of the molecule is CCC(Cc1cccc(Br)c1)C(=O)N(C)CC(C)C(=O)O. The van der Waals surface area contributed by atoms with Gasteiger partial charge < -0.3 is 10.0 Å². The highest BCUT2D eigenvalue weighted by Gasteiger charge is 2.23. The summed E-state index contributed by atoms with van der Waals surface area (Å²) in [7, 11) is 1.67. The summed E-state index contributed by atoms with van der Waals surface area (Å²) in [6.07, 6.45) is 1.40. The van der Waals surface area contributed by atoms with E-state index in [4.69, 9.17) is 5.11 Å². The molecule has 0 saturated carbocycles. The molecule has 2 atom stereocenters. The molecule has 1 amide bonds. The Morgan fingerprint density at radius 2 is 2.05 bits per heavy atom. The molecule has 0 aliphatic heterocycles. The van der Waals surface area contributed by atoms with E-state index in [1.807, 2.05) is 31.2 Å². The van der Waals surface area contributed by atoms with E-state index >= 15 is 0 Å². The molecule has 0 saturated heterocycles. The zero-order chi connectivity index (χ0) is 16.0. The molecule has 0 radical (unpaired) electrons. The first-order chi connectivity index (χ1) is 9.85. The Morgan fingerprint density at radius 3 is 2.57 bits per heavy atom. The van der Waals surface area contributed by atoms with E-state index in [2.05, 4.69) is 15.9 Å². The lowest BCUT2D eigenvalue weighted by Crippen LogP contribution is -2.38. The van der Waals surface area contributed by atoms with Gasteiger partial charge in [0.05, 0.1) is 5.92 Å². The van der Waals surface area contributed by atoms with Crippen LogP contribution in [-0.2, 0) is 16.0 Å². The highest BCUT2D eigenvalue weighted by atomic mass is 79.9. The quantitative estimate of drug-likeness (QED) is 0.816. The number of aliphatic carboxylic acids is 1. The Hall–Kier alpha value is -1.36. The van der Waals surface area contributed by atoms with Gasteiger partial charge in [-0.15, -0.1) is 0 Å². The lowest BCUT2D eigenvalue weighted by molar-refractivity contribution is -0.143. The van der Waals surface area contributed by atoms with Crippen LogP contribution in [0.1, 0.15) is 25.8 Å². The van der Waals surface area contributed by atoms with E-state index in [0.29, 0.717) is 6.42 Å². The molecule has 0 aliphatic rings. The van der Waals surface area contributed by atoms with Crippen LogP contribution in [0.25, 0.3) is 0 Å². The molecule has 0 aliphatic carbocycles. The van der Waals surface area contributed by atoms with Gasteiger partial charge in [0.1, 0.15) is 0 Å². The number of hydrogen-bond acceptors (Lipinski definition) is 2. The number of hydrogen-bond donors (Lipinski definition) is 1. The van der Waals surface area contributed by atoms with E-state index < -0.39 is 11.9 Å². The Bertz CT molecular complexity index is 504. The number of carboxylic acids is 1. The molecule has 5 heteroatoms. The van der Waals surface area contributed by atoms with Crippen LogP contribution >= 0.6 is 15.9 Å². The van der Waals surface area contributed by atoms with Gasteiger partial charge in [0.15, 0.2) is 0 Å². The van der Waals surface area contributed by atoms with Crippen molar-refractivity contribution >= 4 is 27.8 Å². The first-order valence-electron chi connectivity index (χ1n) is 7.07. The van der Waals surface area contributed by atoms with Crippen LogP contribution in [-0.4, -0.2) is 35.5 Å². The van der Waals surface area contributed by atoms with Crippen molar-refractivity contribution in [3.63, 3.8) is 0 Å². The van der Waals surface area contributed by atoms with Gasteiger partial charge in [0.25, 0.3) is 0 Å². The van der Waals surface area contributed by atoms with E-state index in [9.17, 15) is 9.59 Å². The molecule has 1 N–H and O–H groups in total. The average Bonchev–Trinajstić information content (AvgIpc) is 2.43. The number of carbonyl (C=O) groups is 2. The maximum Gasteiger partial charge on any atom is 0.308 e. The second-order valence-corrected chi connectivity index (χ2v) is 6.31. The molecule has 1 aromatic carbocycles. The summed E-state index contributed by atoms with van der Waals surface area (Å²) in [6, 6.07) is 7.91. The third kappa shape index (κ3) is 5.50. The molecule has 4 nitrogen and oxygen atoms in total. The minimum absolute atomic E-state index is 0.00516. The standard InChI is InChI=1S/C16H22BrNO3/c1-4-13(8-12-6-5-7-14(17)9-12)15(19)18(3)10-11(2)16(20)21/h5-7,9,11,13H,4,8,10H2,1-3H3,(H,20,21). The van der Waals surface area contributed by atoms with Crippen molar-refractivity contribution in [3.05, 3.63) is 34.3 Å². The van der Waals surface area contributed by atoms with Crippen molar-refractivity contribution in [2.45, 2.75) is 26.7 Å². The van der Waals surface area contributed by atoms with Crippen molar-refractivity contribution in [2.75, 3.05) is 13.6 Å². The Balaban J connectivity index is 2.70. The Morgan fingerprint density at radius 1 is 1.38 bits per heavy atom. The molecular formula is C16H22BrNO3. The van der Waals surface area contributed by atoms with Crippen molar-refractivity contribution in [3.8, 4) is 0 Å². The molecule has 116 valence electrons. The maximum absolute atomic E-state index is 12.4. The second-order valence-electron chi connectivity index (χ2n) is 5.40. The molecule has 2 unspecified atom stereocenters. The van der Waals surface area contributed by atoms with Gasteiger partial charge >= 0.3 is 5.97 Å². The fraction of sp³-hybridized carbons (Fsp3) is 0.500. The predicted octanol–water partition coefficient (Wildman–Crippen LogP) is 3.20. The molecule has 0 fully saturated rings. The monoisotopic (exact) mass is 355 g/mol. The number of amides is 1. The van der Waals surface area contributed by atoms with Gasteiger partial charge in [0.2, 0.25) is 5.91 Å². The zero-order valence-electron chi connectivity index (χ0n) is 12.7. The average molecular weight is 356 g/mol. The summed E-state index contributed by atoms with van der Waals surface area (Å²) in [6.45, 7) is 3.83. The van der Waals surface area contributed by atoms with Crippen LogP contribution in [0.5, 0.6) is 0 Å². The summed E-state index contributed by atoms with van der Waals surface area (Å²) in [5.74, 6) is -1.55. The Kier molecular flexibility index (Phi) is 6.89. The van der Waals surface area contributed by atoms with E-state index in [1.165, 1.54) is 4.90 Å². The van der Waals surface area contributed by atoms with Crippen LogP contribution in [0.2, 0.25) is 0 Å². The third-order valence-electron chi connectivity index (χ3n) is 3.56. The van der Waals surface area contributed by atoms with Gasteiger partial charge in [-0.1, -0.05) is 41.9 Å². The summed E-state index contributed by atoms with van der Waals surface area (Å²) in [4.78, 5) is 24.9. The van der Waals surface area contributed by atoms with Crippen LogP contribution in [0.15, 0.2) is 28.7 Å². The van der Waals surface area contributed by atoms with Crippen LogP contribution in [0.4, 0.5) is 0 Å². The molecule has 0 bridgehead atoms. The lowest BCUT2D eigenvalue weighted by Gasteiger charge is -2.24. The van der Waals surface area contributed by atoms with Crippen molar-refractivity contribution < 1.29 is 14.7 Å². The normalized spacial score (nSPS) is 13.5. The second kappa shape index (κ2) is 8.17. The molecule has 0 heterocycles. The number of nitrogens with zero attached hydrogens (tertiary/aromatic N) is 1. The zero-order valence-corrected chi connectivity index (χ0v) is 14.3. The van der Waals surface area contributed by atoms with E-state index in [-0.39, 0.29) is 18.4 Å². The summed E-state index contributed by atoms with van der Waals surface area (Å²) in [5, 5.41) is 8.93. The van der Waals surface area contributed by atoms with Crippen molar-refractivity contribution in [1.29, 1.82) is 0 Å². The van der Waals surface area contributed by atoms with Gasteiger partial charge in [0, 0.05) is 24.0 Å². The number of halogens is 1. The first-order valence-corrected chi connectivity index (χ1v) is 7.86. The van der Waals surface area contributed by atoms with Crippen LogP contribution in [0, 0.1) is 11.8 Å². The van der Waals surface area contributed by atoms with Crippen LogP contribution < -0.4 is 0 Å². The smallest absolute Gasteiger partial charge is 0.308 e. The lowest BCUT2D eigenvalue weighted by atomic mass is 9.95. The molecular weight excluding hydrogens is 334 g/mol. The molecule has 1 rings (SSSR count). The number of rotatable bonds is 7. The fourth-order valence-electron chi connectivity index (χ4n) is 2.25. The molecule has 21 heavy (non-hydrogen) atoms. The third-order valence-corrected chi connectivity index (χ3v) is 4.05. The number of carbonyl (C=O) groups excluding carboxylic acids is 1. The van der Waals surface area contributed by atoms with E-state index in [1.54, 1.807) is 14.0 Å². The predicted molar refractivity (Wildman–Crippen MR) is 86.1 cm³/mol. The summed E-state index contributed by atoms with van der Waals surface area (Å²) < 4.78 is 0.996. The van der Waals surface area contributed by atoms with Gasteiger partial charge in [-0.05, 0) is 30.5 Å². The Labute approximate surface area is 134 Å². The van der Waals surface area contributed by atoms with Gasteiger partial charge in [-0.2, -0.15) is 0 Å². The van der Waals surface area contributed by atoms with Gasteiger partial charge in [-0.25, -0.2) is 0 Å². The van der Waals surface area contributed by atoms with Crippen molar-refractivity contribution in [2.24, 2.45) is 11.8 Å². The molecule has 0 aromatic heterocycles. The first kappa shape index (κ1) is 17.7. The maximum atomic E-state index is 12.4. The summed E-state index contributed by atoms with van der Waals surface area (Å²) >= 11 is 3.43.